The second-order valence-corrected chi connectivity index (χ2v) is 5.95. The summed E-state index contributed by atoms with van der Waals surface area (Å²) >= 11 is 5.99. The van der Waals surface area contributed by atoms with Crippen molar-refractivity contribution in [3.8, 4) is 0 Å². The molecule has 1 aromatic rings. The predicted molar refractivity (Wildman–Crippen MR) is 81.4 cm³/mol. The van der Waals surface area contributed by atoms with E-state index in [2.05, 4.69) is 22.2 Å². The third-order valence-corrected chi connectivity index (χ3v) is 4.30. The molecule has 0 amide bonds. The van der Waals surface area contributed by atoms with E-state index in [1.54, 1.807) is 6.92 Å². The smallest absolute Gasteiger partial charge is 0.156 e. The van der Waals surface area contributed by atoms with Crippen LogP contribution in [0.3, 0.4) is 0 Å². The van der Waals surface area contributed by atoms with Crippen molar-refractivity contribution in [2.75, 3.05) is 5.32 Å². The molecular weight excluding hydrogens is 274 g/mol. The molecule has 0 aliphatic heterocycles. The summed E-state index contributed by atoms with van der Waals surface area (Å²) in [7, 11) is 0. The fourth-order valence-corrected chi connectivity index (χ4v) is 3.21. The predicted octanol–water partition coefficient (Wildman–Crippen LogP) is 4.02. The maximum absolute atomic E-state index is 11.1. The van der Waals surface area contributed by atoms with Crippen LogP contribution in [0.1, 0.15) is 61.6 Å². The number of carbonyl (C=O) groups excluding carboxylic acids is 1. The lowest BCUT2D eigenvalue weighted by molar-refractivity contribution is 0.112. The van der Waals surface area contributed by atoms with E-state index in [0.29, 0.717) is 23.2 Å². The molecule has 1 aliphatic rings. The number of halogens is 1. The highest BCUT2D eigenvalue weighted by Gasteiger charge is 2.22. The van der Waals surface area contributed by atoms with Gasteiger partial charge in [-0.25, -0.2) is 9.97 Å². The molecular formula is C15H22ClN3O. The molecule has 0 saturated heterocycles. The average Bonchev–Trinajstić information content (AvgIpc) is 2.41. The summed E-state index contributed by atoms with van der Waals surface area (Å²) in [5, 5.41) is 3.61. The van der Waals surface area contributed by atoms with Gasteiger partial charge in [-0.2, -0.15) is 0 Å². The van der Waals surface area contributed by atoms with Crippen molar-refractivity contribution in [2.45, 2.75) is 58.4 Å². The minimum atomic E-state index is 0.231. The summed E-state index contributed by atoms with van der Waals surface area (Å²) in [4.78, 5) is 19.5. The molecule has 2 rings (SSSR count). The lowest BCUT2D eigenvalue weighted by Crippen LogP contribution is -2.27. The van der Waals surface area contributed by atoms with Crippen LogP contribution in [0.25, 0.3) is 0 Å². The molecule has 4 nitrogen and oxygen atoms in total. The van der Waals surface area contributed by atoms with Gasteiger partial charge in [0.15, 0.2) is 6.29 Å². The molecule has 0 unspecified atom stereocenters. The maximum Gasteiger partial charge on any atom is 0.156 e. The van der Waals surface area contributed by atoms with Gasteiger partial charge >= 0.3 is 0 Å². The summed E-state index contributed by atoms with van der Waals surface area (Å²) in [5.41, 5.74) is 0.368. The molecule has 5 heteroatoms. The first kappa shape index (κ1) is 15.2. The Morgan fingerprint density at radius 2 is 2.00 bits per heavy atom. The van der Waals surface area contributed by atoms with Crippen molar-refractivity contribution < 1.29 is 4.79 Å². The highest BCUT2D eigenvalue weighted by molar-refractivity contribution is 6.32. The van der Waals surface area contributed by atoms with E-state index in [1.807, 2.05) is 0 Å². The number of hydrogen-bond acceptors (Lipinski definition) is 4. The normalized spacial score (nSPS) is 22.6. The molecule has 0 aromatic carbocycles. The van der Waals surface area contributed by atoms with Crippen molar-refractivity contribution in [1.82, 2.24) is 9.97 Å². The zero-order valence-electron chi connectivity index (χ0n) is 12.2. The zero-order valence-corrected chi connectivity index (χ0v) is 12.9. The van der Waals surface area contributed by atoms with Crippen LogP contribution in [0, 0.1) is 12.8 Å². The monoisotopic (exact) mass is 295 g/mol. The highest BCUT2D eigenvalue weighted by Crippen LogP contribution is 2.30. The van der Waals surface area contributed by atoms with Gasteiger partial charge in [0, 0.05) is 6.04 Å². The zero-order chi connectivity index (χ0) is 14.5. The summed E-state index contributed by atoms with van der Waals surface area (Å²) in [6.07, 6.45) is 8.07. The third-order valence-electron chi connectivity index (χ3n) is 4.01. The number of rotatable bonds is 5. The van der Waals surface area contributed by atoms with E-state index < -0.39 is 0 Å². The van der Waals surface area contributed by atoms with Crippen LogP contribution < -0.4 is 5.32 Å². The van der Waals surface area contributed by atoms with Gasteiger partial charge in [0.2, 0.25) is 0 Å². The molecule has 0 spiro atoms. The van der Waals surface area contributed by atoms with Crippen LogP contribution in [-0.2, 0) is 0 Å². The fourth-order valence-electron chi connectivity index (χ4n) is 2.96. The number of nitrogens with zero attached hydrogens (tertiary/aromatic N) is 2. The van der Waals surface area contributed by atoms with Crippen LogP contribution in [0.5, 0.6) is 0 Å². The fraction of sp³-hybridized carbons (Fsp3) is 0.667. The molecule has 0 bridgehead atoms. The second-order valence-electron chi connectivity index (χ2n) is 5.59. The molecule has 110 valence electrons. The van der Waals surface area contributed by atoms with Crippen molar-refractivity contribution in [3.63, 3.8) is 0 Å². The molecule has 1 heterocycles. The lowest BCUT2D eigenvalue weighted by atomic mass is 9.83. The number of aromatic nitrogens is 2. The second kappa shape index (κ2) is 7.02. The summed E-state index contributed by atoms with van der Waals surface area (Å²) < 4.78 is 0. The van der Waals surface area contributed by atoms with Gasteiger partial charge in [0.25, 0.3) is 0 Å². The summed E-state index contributed by atoms with van der Waals surface area (Å²) in [5.74, 6) is 2.03. The molecule has 1 aromatic heterocycles. The Bertz CT molecular complexity index is 470. The Balaban J connectivity index is 2.02. The van der Waals surface area contributed by atoms with Gasteiger partial charge in [-0.05, 0) is 38.5 Å². The first-order chi connectivity index (χ1) is 9.63. The summed E-state index contributed by atoms with van der Waals surface area (Å²) in [6, 6.07) is 0.382. The molecule has 1 fully saturated rings. The third kappa shape index (κ3) is 3.69. The van der Waals surface area contributed by atoms with Gasteiger partial charge in [-0.3, -0.25) is 4.79 Å². The van der Waals surface area contributed by atoms with E-state index in [0.717, 1.165) is 25.0 Å². The van der Waals surface area contributed by atoms with Gasteiger partial charge in [0.05, 0.1) is 5.56 Å². The number of aldehydes is 1. The van der Waals surface area contributed by atoms with E-state index in [-0.39, 0.29) is 5.15 Å². The Labute approximate surface area is 125 Å². The van der Waals surface area contributed by atoms with Crippen LogP contribution in [0.2, 0.25) is 5.15 Å². The van der Waals surface area contributed by atoms with Crippen LogP contribution >= 0.6 is 11.6 Å². The first-order valence-electron chi connectivity index (χ1n) is 7.39. The van der Waals surface area contributed by atoms with Gasteiger partial charge in [-0.15, -0.1) is 0 Å². The molecule has 1 saturated carbocycles. The number of carbonyl (C=O) groups is 1. The van der Waals surface area contributed by atoms with Crippen molar-refractivity contribution in [1.29, 1.82) is 0 Å². The molecule has 0 atom stereocenters. The highest BCUT2D eigenvalue weighted by atomic mass is 35.5. The van der Waals surface area contributed by atoms with Crippen LogP contribution in [0.4, 0.5) is 5.82 Å². The molecule has 1 N–H and O–H groups in total. The quantitative estimate of drug-likeness (QED) is 0.658. The van der Waals surface area contributed by atoms with Crippen LogP contribution in [0.15, 0.2) is 0 Å². The van der Waals surface area contributed by atoms with E-state index in [1.165, 1.54) is 25.7 Å². The number of nitrogens with one attached hydrogen (secondary N) is 1. The minimum absolute atomic E-state index is 0.231. The minimum Gasteiger partial charge on any atom is -0.367 e. The van der Waals surface area contributed by atoms with E-state index in [9.17, 15) is 4.79 Å². The SMILES string of the molecule is CCCC1CCC(Nc2nc(C)nc(Cl)c2C=O)CC1. The van der Waals surface area contributed by atoms with Crippen molar-refractivity contribution in [3.05, 3.63) is 16.5 Å². The van der Waals surface area contributed by atoms with Crippen LogP contribution in [-0.4, -0.2) is 22.3 Å². The van der Waals surface area contributed by atoms with Gasteiger partial charge in [-0.1, -0.05) is 31.4 Å². The molecule has 0 radical (unpaired) electrons. The van der Waals surface area contributed by atoms with Gasteiger partial charge < -0.3 is 5.32 Å². The van der Waals surface area contributed by atoms with Gasteiger partial charge in [0.1, 0.15) is 16.8 Å². The molecule has 20 heavy (non-hydrogen) atoms. The van der Waals surface area contributed by atoms with E-state index >= 15 is 0 Å². The number of aryl methyl sites for hydroxylation is 1. The number of anilines is 1. The largest absolute Gasteiger partial charge is 0.367 e. The Morgan fingerprint density at radius 1 is 1.30 bits per heavy atom. The Kier molecular flexibility index (Phi) is 5.35. The standard InChI is InChI=1S/C15H22ClN3O/c1-3-4-11-5-7-12(8-6-11)19-15-13(9-20)14(16)17-10(2)18-15/h9,11-12H,3-8H2,1-2H3,(H,17,18,19). The summed E-state index contributed by atoms with van der Waals surface area (Å²) in [6.45, 7) is 4.02. The first-order valence-corrected chi connectivity index (χ1v) is 7.77. The number of hydrogen-bond donors (Lipinski definition) is 1. The topological polar surface area (TPSA) is 54.9 Å². The Morgan fingerprint density at radius 3 is 2.60 bits per heavy atom. The molecule has 1 aliphatic carbocycles. The Hall–Kier alpha value is -1.16. The lowest BCUT2D eigenvalue weighted by Gasteiger charge is -2.29. The van der Waals surface area contributed by atoms with Crippen molar-refractivity contribution in [2.24, 2.45) is 5.92 Å². The van der Waals surface area contributed by atoms with Crippen molar-refractivity contribution >= 4 is 23.7 Å². The maximum atomic E-state index is 11.1. The average molecular weight is 296 g/mol. The van der Waals surface area contributed by atoms with E-state index in [4.69, 9.17) is 11.6 Å².